The molecule has 2 aliphatic heterocycles. The molecule has 1 spiro atoms. The predicted molar refractivity (Wildman–Crippen MR) is 174 cm³/mol. The van der Waals surface area contributed by atoms with E-state index in [1.165, 1.54) is 12.1 Å². The average molecular weight is 643 g/mol. The Balaban J connectivity index is 1.47. The van der Waals surface area contributed by atoms with Gasteiger partial charge in [-0.2, -0.15) is 18.4 Å². The molecular weight excluding hydrogens is 611 g/mol. The molecule has 6 rings (SSSR count). The van der Waals surface area contributed by atoms with Crippen molar-refractivity contribution in [2.24, 2.45) is 0 Å². The molecule has 46 heavy (non-hydrogen) atoms. The number of piperidine rings is 1. The van der Waals surface area contributed by atoms with Crippen molar-refractivity contribution in [3.8, 4) is 17.2 Å². The van der Waals surface area contributed by atoms with E-state index in [0.717, 1.165) is 48.7 Å². The summed E-state index contributed by atoms with van der Waals surface area (Å²) in [6, 6.07) is 23.5. The normalized spacial score (nSPS) is 18.8. The minimum Gasteiger partial charge on any atom is -0.317 e. The molecule has 4 aromatic rings. The zero-order valence-electron chi connectivity index (χ0n) is 24.9. The van der Waals surface area contributed by atoms with Crippen LogP contribution < -0.4 is 15.1 Å². The van der Waals surface area contributed by atoms with Crippen LogP contribution in [0, 0.1) is 11.3 Å². The summed E-state index contributed by atoms with van der Waals surface area (Å²) >= 11 is 6.10. The van der Waals surface area contributed by atoms with Gasteiger partial charge in [0.05, 0.1) is 22.6 Å². The fourth-order valence-electron chi connectivity index (χ4n) is 6.85. The van der Waals surface area contributed by atoms with Gasteiger partial charge in [0.15, 0.2) is 0 Å². The van der Waals surface area contributed by atoms with Crippen LogP contribution in [-0.4, -0.2) is 37.2 Å². The molecule has 1 aromatic heterocycles. The third-order valence-electron chi connectivity index (χ3n) is 9.10. The number of fused-ring (bicyclic) bond motifs is 2. The number of amides is 2. The first-order valence-electron chi connectivity index (χ1n) is 15.1. The van der Waals surface area contributed by atoms with E-state index in [4.69, 9.17) is 11.6 Å². The lowest BCUT2D eigenvalue weighted by Gasteiger charge is -2.36. The zero-order valence-corrected chi connectivity index (χ0v) is 25.7. The molecular formula is C36H32ClF3N5O+. The number of carbonyl (C=O) groups excluding carboxylic acids is 1. The Labute approximate surface area is 270 Å². The molecule has 2 amide bonds. The maximum Gasteiger partial charge on any atom is 0.422 e. The first-order chi connectivity index (χ1) is 22.1. The van der Waals surface area contributed by atoms with Crippen molar-refractivity contribution in [1.82, 2.24) is 20.1 Å². The maximum absolute atomic E-state index is 14.6. The summed E-state index contributed by atoms with van der Waals surface area (Å²) in [7, 11) is 0. The van der Waals surface area contributed by atoms with Gasteiger partial charge in [-0.3, -0.25) is 0 Å². The molecule has 1 unspecified atom stereocenters. The summed E-state index contributed by atoms with van der Waals surface area (Å²) in [6.45, 7) is 2.50. The zero-order chi connectivity index (χ0) is 32.4. The van der Waals surface area contributed by atoms with Crippen LogP contribution in [0.3, 0.4) is 0 Å². The summed E-state index contributed by atoms with van der Waals surface area (Å²) < 4.78 is 42.3. The van der Waals surface area contributed by atoms with Crippen molar-refractivity contribution >= 4 is 29.4 Å². The smallest absolute Gasteiger partial charge is 0.317 e. The third kappa shape index (κ3) is 6.16. The van der Waals surface area contributed by atoms with Gasteiger partial charge in [0.1, 0.15) is 23.9 Å². The van der Waals surface area contributed by atoms with E-state index in [1.807, 2.05) is 30.4 Å². The van der Waals surface area contributed by atoms with E-state index < -0.39 is 11.7 Å². The van der Waals surface area contributed by atoms with Crippen molar-refractivity contribution in [2.45, 2.75) is 31.0 Å². The van der Waals surface area contributed by atoms with Crippen LogP contribution in [0.1, 0.15) is 40.7 Å². The number of pyridine rings is 1. The molecule has 6 nitrogen and oxygen atoms in total. The maximum atomic E-state index is 14.6. The van der Waals surface area contributed by atoms with Crippen LogP contribution in [0.15, 0.2) is 91.1 Å². The second kappa shape index (κ2) is 12.7. The quantitative estimate of drug-likeness (QED) is 0.166. The fourth-order valence-corrected chi connectivity index (χ4v) is 7.05. The average Bonchev–Trinajstić information content (AvgIpc) is 3.32. The lowest BCUT2D eigenvalue weighted by atomic mass is 9.74. The van der Waals surface area contributed by atoms with Crippen molar-refractivity contribution in [1.29, 1.82) is 5.26 Å². The Bertz CT molecular complexity index is 1830. The number of urea groups is 1. The molecule has 2 N–H and O–H groups in total. The number of quaternary nitrogens is 1. The largest absolute Gasteiger partial charge is 0.422 e. The van der Waals surface area contributed by atoms with Gasteiger partial charge < -0.3 is 10.6 Å². The van der Waals surface area contributed by atoms with Crippen LogP contribution in [0.4, 0.5) is 23.7 Å². The highest BCUT2D eigenvalue weighted by Gasteiger charge is 2.57. The molecule has 234 valence electrons. The predicted octanol–water partition coefficient (Wildman–Crippen LogP) is 7.86. The van der Waals surface area contributed by atoms with Gasteiger partial charge in [-0.1, -0.05) is 60.1 Å². The topological polar surface area (TPSA) is 77.8 Å². The van der Waals surface area contributed by atoms with E-state index in [-0.39, 0.29) is 34.6 Å². The molecule has 0 bridgehead atoms. The van der Waals surface area contributed by atoms with Crippen molar-refractivity contribution in [3.63, 3.8) is 0 Å². The number of nitrogens with zero attached hydrogens (tertiary/aromatic N) is 3. The lowest BCUT2D eigenvalue weighted by Crippen LogP contribution is -2.60. The lowest BCUT2D eigenvalue weighted by molar-refractivity contribution is -0.137. The Hall–Kier alpha value is -4.49. The summed E-state index contributed by atoms with van der Waals surface area (Å²) in [6.07, 6.45) is 2.48. The number of benzene rings is 3. The summed E-state index contributed by atoms with van der Waals surface area (Å²) in [5.41, 5.74) is 3.32. The van der Waals surface area contributed by atoms with Gasteiger partial charge in [-0.25, -0.2) is 14.3 Å². The Kier molecular flexibility index (Phi) is 8.71. The summed E-state index contributed by atoms with van der Waals surface area (Å²) in [5.74, 6) is 0. The van der Waals surface area contributed by atoms with E-state index in [2.05, 4.69) is 21.7 Å². The number of nitrogens with one attached hydrogen (secondary N) is 2. The standard InChI is InChI=1S/C36H31ClF3N5O/c37-33-20-27(13-16-43-33)23-44-34(46)45(19-3-4-25-7-9-26(22-41)10-8-25)24-35(14-17-42-18-15-35)31-12-11-28(21-32(31)45)29-5-1-2-6-30(29)36(38,39)40/h1-13,16,20-21,42H,14-15,17-19,23-24H2/p+1/b4-3+. The van der Waals surface area contributed by atoms with Gasteiger partial charge in [0, 0.05) is 24.4 Å². The molecule has 2 aliphatic rings. The van der Waals surface area contributed by atoms with Crippen molar-refractivity contribution in [3.05, 3.63) is 124 Å². The number of nitriles is 1. The molecule has 3 aromatic carbocycles. The highest BCUT2D eigenvalue weighted by Crippen LogP contribution is 2.52. The second-order valence-electron chi connectivity index (χ2n) is 11.9. The Morgan fingerprint density at radius 3 is 2.54 bits per heavy atom. The highest BCUT2D eigenvalue weighted by molar-refractivity contribution is 6.29. The van der Waals surface area contributed by atoms with E-state index in [1.54, 1.807) is 48.7 Å². The third-order valence-corrected chi connectivity index (χ3v) is 9.30. The van der Waals surface area contributed by atoms with Gasteiger partial charge >= 0.3 is 12.2 Å². The number of hydrogen-bond acceptors (Lipinski definition) is 4. The van der Waals surface area contributed by atoms with Crippen LogP contribution in [0.25, 0.3) is 17.2 Å². The molecule has 0 aliphatic carbocycles. The van der Waals surface area contributed by atoms with E-state index in [0.29, 0.717) is 28.5 Å². The van der Waals surface area contributed by atoms with Gasteiger partial charge in [-0.15, -0.1) is 0 Å². The number of alkyl halides is 3. The minimum atomic E-state index is -4.54. The molecule has 3 heterocycles. The number of halogens is 4. The second-order valence-corrected chi connectivity index (χ2v) is 12.3. The molecule has 1 fully saturated rings. The fraction of sp³-hybridized carbons (Fsp3) is 0.250. The number of hydrogen-bond donors (Lipinski definition) is 2. The van der Waals surface area contributed by atoms with Crippen LogP contribution in [-0.2, 0) is 18.1 Å². The first kappa shape index (κ1) is 31.5. The van der Waals surface area contributed by atoms with Gasteiger partial charge in [0.2, 0.25) is 0 Å². The van der Waals surface area contributed by atoms with Crippen LogP contribution in [0.5, 0.6) is 0 Å². The first-order valence-corrected chi connectivity index (χ1v) is 15.5. The van der Waals surface area contributed by atoms with Crippen LogP contribution >= 0.6 is 11.6 Å². The van der Waals surface area contributed by atoms with Gasteiger partial charge in [0.25, 0.3) is 0 Å². The SMILES string of the molecule is N#Cc1ccc(/C=C/C[N+]2(C(=O)NCc3ccnc(Cl)c3)CC3(CCNCC3)c3ccc(-c4ccccc4C(F)(F)F)cc32)cc1. The number of aromatic nitrogens is 1. The molecule has 1 saturated heterocycles. The monoisotopic (exact) mass is 642 g/mol. The molecule has 0 radical (unpaired) electrons. The summed E-state index contributed by atoms with van der Waals surface area (Å²) in [5, 5.41) is 16.0. The minimum absolute atomic E-state index is 0.0714. The molecule has 0 saturated carbocycles. The molecule has 1 atom stereocenters. The van der Waals surface area contributed by atoms with E-state index in [9.17, 15) is 23.2 Å². The summed E-state index contributed by atoms with van der Waals surface area (Å²) in [4.78, 5) is 18.6. The molecule has 10 heteroatoms. The van der Waals surface area contributed by atoms with E-state index >= 15 is 0 Å². The van der Waals surface area contributed by atoms with Crippen molar-refractivity contribution < 1.29 is 18.0 Å². The highest BCUT2D eigenvalue weighted by atomic mass is 35.5. The number of rotatable bonds is 6. The van der Waals surface area contributed by atoms with Gasteiger partial charge in [-0.05, 0) is 84.6 Å². The Morgan fingerprint density at radius 2 is 1.83 bits per heavy atom. The number of carbonyl (C=O) groups is 1. The van der Waals surface area contributed by atoms with Crippen LogP contribution in [0.2, 0.25) is 5.15 Å². The Morgan fingerprint density at radius 1 is 1.07 bits per heavy atom. The van der Waals surface area contributed by atoms with Crippen molar-refractivity contribution in [2.75, 3.05) is 26.2 Å².